The molecule has 0 atom stereocenters. The second-order valence-corrected chi connectivity index (χ2v) is 9.81. The number of hydrogen-bond acceptors (Lipinski definition) is 5. The molecule has 174 valence electrons. The average molecular weight is 462 g/mol. The molecular weight excluding hydrogens is 434 g/mol. The molecule has 0 unspecified atom stereocenters. The number of ether oxygens (including phenoxy) is 1. The summed E-state index contributed by atoms with van der Waals surface area (Å²) in [6.07, 6.45) is 9.61. The minimum atomic E-state index is 0.513. The molecular formula is C29H27N5O. The quantitative estimate of drug-likeness (QED) is 0.313. The molecule has 5 aromatic rings. The number of imidazole rings is 1. The van der Waals surface area contributed by atoms with Crippen molar-refractivity contribution in [2.75, 3.05) is 19.6 Å². The summed E-state index contributed by atoms with van der Waals surface area (Å²) in [6.45, 7) is 3.80. The third kappa shape index (κ3) is 3.84. The first kappa shape index (κ1) is 20.6. The first-order valence-corrected chi connectivity index (χ1v) is 12.5. The summed E-state index contributed by atoms with van der Waals surface area (Å²) < 4.78 is 8.14. The lowest BCUT2D eigenvalue weighted by molar-refractivity contribution is 0.109. The molecule has 1 aliphatic heterocycles. The van der Waals surface area contributed by atoms with Crippen molar-refractivity contribution in [1.29, 1.82) is 0 Å². The highest BCUT2D eigenvalue weighted by atomic mass is 16.5. The number of likely N-dealkylation sites (tertiary alicyclic amines) is 1. The summed E-state index contributed by atoms with van der Waals surface area (Å²) in [4.78, 5) is 17.0. The Morgan fingerprint density at radius 2 is 1.80 bits per heavy atom. The Balaban J connectivity index is 1.20. The van der Waals surface area contributed by atoms with Gasteiger partial charge in [-0.3, -0.25) is 9.38 Å². The smallest absolute Gasteiger partial charge is 0.219 e. The van der Waals surface area contributed by atoms with Crippen molar-refractivity contribution in [3.63, 3.8) is 0 Å². The van der Waals surface area contributed by atoms with E-state index < -0.39 is 0 Å². The first-order valence-electron chi connectivity index (χ1n) is 12.5. The van der Waals surface area contributed by atoms with Crippen LogP contribution >= 0.6 is 0 Å². The van der Waals surface area contributed by atoms with Gasteiger partial charge in [-0.15, -0.1) is 0 Å². The molecule has 2 aromatic carbocycles. The van der Waals surface area contributed by atoms with Gasteiger partial charge in [-0.2, -0.15) is 0 Å². The Bertz CT molecular complexity index is 1500. The topological polar surface area (TPSA) is 55.5 Å². The third-order valence-electron chi connectivity index (χ3n) is 7.45. The Morgan fingerprint density at radius 1 is 0.943 bits per heavy atom. The Kier molecular flexibility index (Phi) is 4.98. The van der Waals surface area contributed by atoms with Crippen LogP contribution in [0.25, 0.3) is 27.8 Å². The molecule has 7 rings (SSSR count). The van der Waals surface area contributed by atoms with Gasteiger partial charge in [0.05, 0.1) is 22.9 Å². The summed E-state index contributed by atoms with van der Waals surface area (Å²) in [5, 5.41) is 1.07. The van der Waals surface area contributed by atoms with Crippen molar-refractivity contribution in [2.24, 2.45) is 5.92 Å². The zero-order valence-corrected chi connectivity index (χ0v) is 19.5. The molecule has 0 radical (unpaired) electrons. The molecule has 3 aromatic heterocycles. The van der Waals surface area contributed by atoms with Crippen molar-refractivity contribution in [3.8, 4) is 23.0 Å². The van der Waals surface area contributed by atoms with E-state index in [2.05, 4.69) is 38.6 Å². The largest absolute Gasteiger partial charge is 0.439 e. The predicted molar refractivity (Wildman–Crippen MR) is 137 cm³/mol. The fraction of sp³-hybridized carbons (Fsp3) is 0.276. The molecule has 0 amide bonds. The van der Waals surface area contributed by atoms with Gasteiger partial charge < -0.3 is 9.64 Å². The highest BCUT2D eigenvalue weighted by molar-refractivity contribution is 5.84. The average Bonchev–Trinajstić information content (AvgIpc) is 3.22. The highest BCUT2D eigenvalue weighted by Crippen LogP contribution is 2.44. The molecule has 0 N–H and O–H groups in total. The monoisotopic (exact) mass is 461 g/mol. The molecule has 4 heterocycles. The van der Waals surface area contributed by atoms with Crippen LogP contribution in [0, 0.1) is 5.92 Å². The van der Waals surface area contributed by atoms with E-state index >= 15 is 0 Å². The van der Waals surface area contributed by atoms with Crippen molar-refractivity contribution in [3.05, 3.63) is 84.9 Å². The van der Waals surface area contributed by atoms with Gasteiger partial charge in [-0.1, -0.05) is 30.3 Å². The number of nitrogens with zero attached hydrogens (tertiary/aromatic N) is 5. The molecule has 2 fully saturated rings. The molecule has 2 aliphatic rings. The van der Waals surface area contributed by atoms with Crippen molar-refractivity contribution in [1.82, 2.24) is 24.3 Å². The van der Waals surface area contributed by atoms with E-state index in [1.165, 1.54) is 44.6 Å². The van der Waals surface area contributed by atoms with Gasteiger partial charge in [0, 0.05) is 41.9 Å². The maximum atomic E-state index is 5.97. The number of para-hydroxylation sites is 1. The van der Waals surface area contributed by atoms with Gasteiger partial charge in [-0.25, -0.2) is 9.97 Å². The fourth-order valence-corrected chi connectivity index (χ4v) is 5.41. The maximum absolute atomic E-state index is 5.97. The molecule has 0 bridgehead atoms. The van der Waals surface area contributed by atoms with E-state index in [1.807, 2.05) is 55.0 Å². The molecule has 6 nitrogen and oxygen atoms in total. The number of aromatic nitrogens is 4. The van der Waals surface area contributed by atoms with Crippen LogP contribution in [0.3, 0.4) is 0 Å². The van der Waals surface area contributed by atoms with E-state index in [1.54, 1.807) is 0 Å². The minimum Gasteiger partial charge on any atom is -0.439 e. The number of fused-ring (bicyclic) bond motifs is 2. The normalized spacial score (nSPS) is 20.0. The van der Waals surface area contributed by atoms with Crippen LogP contribution in [0.5, 0.6) is 11.6 Å². The van der Waals surface area contributed by atoms with E-state index in [9.17, 15) is 0 Å². The van der Waals surface area contributed by atoms with Crippen LogP contribution in [0.4, 0.5) is 0 Å². The van der Waals surface area contributed by atoms with Gasteiger partial charge in [0.25, 0.3) is 0 Å². The van der Waals surface area contributed by atoms with Crippen molar-refractivity contribution in [2.45, 2.75) is 25.2 Å². The molecule has 35 heavy (non-hydrogen) atoms. The molecule has 1 saturated carbocycles. The fourth-order valence-electron chi connectivity index (χ4n) is 5.41. The van der Waals surface area contributed by atoms with Crippen molar-refractivity contribution >= 4 is 16.4 Å². The summed E-state index contributed by atoms with van der Waals surface area (Å²) in [7, 11) is 0. The molecule has 0 spiro atoms. The maximum Gasteiger partial charge on any atom is 0.219 e. The van der Waals surface area contributed by atoms with Gasteiger partial charge in [0.15, 0.2) is 0 Å². The van der Waals surface area contributed by atoms with Crippen molar-refractivity contribution < 1.29 is 4.74 Å². The summed E-state index contributed by atoms with van der Waals surface area (Å²) >= 11 is 0. The van der Waals surface area contributed by atoms with Crippen LogP contribution < -0.4 is 4.74 Å². The summed E-state index contributed by atoms with van der Waals surface area (Å²) in [5.74, 6) is 3.62. The number of benzene rings is 2. The number of hydrogen-bond donors (Lipinski definition) is 0. The zero-order valence-electron chi connectivity index (χ0n) is 19.5. The lowest BCUT2D eigenvalue weighted by atomic mass is 9.72. The van der Waals surface area contributed by atoms with Crippen LogP contribution in [0.15, 0.2) is 79.3 Å². The van der Waals surface area contributed by atoms with E-state index in [0.29, 0.717) is 11.8 Å². The third-order valence-corrected chi connectivity index (χ3v) is 7.45. The van der Waals surface area contributed by atoms with E-state index in [0.717, 1.165) is 39.5 Å². The van der Waals surface area contributed by atoms with Crippen LogP contribution in [-0.4, -0.2) is 43.9 Å². The second kappa shape index (κ2) is 8.47. The molecule has 6 heteroatoms. The van der Waals surface area contributed by atoms with E-state index in [-0.39, 0.29) is 0 Å². The lowest BCUT2D eigenvalue weighted by Gasteiger charge is -2.41. The van der Waals surface area contributed by atoms with Crippen LogP contribution in [0.1, 0.15) is 30.9 Å². The van der Waals surface area contributed by atoms with E-state index in [4.69, 9.17) is 14.7 Å². The summed E-state index contributed by atoms with van der Waals surface area (Å²) in [6, 6.07) is 20.1. The second-order valence-electron chi connectivity index (χ2n) is 9.81. The highest BCUT2D eigenvalue weighted by Gasteiger charge is 2.35. The Hall–Kier alpha value is -3.77. The molecule has 1 saturated heterocycles. The van der Waals surface area contributed by atoms with Gasteiger partial charge in [0.2, 0.25) is 5.88 Å². The SMILES string of the molecule is c1ccc(Oc2ccc3ccc(-c4nc(C5CC(CN6CCC6)C5)c5cnccn45)cc3n2)cc1. The van der Waals surface area contributed by atoms with Gasteiger partial charge in [0.1, 0.15) is 11.6 Å². The Labute approximate surface area is 204 Å². The van der Waals surface area contributed by atoms with Gasteiger partial charge in [-0.05, 0) is 62.5 Å². The lowest BCUT2D eigenvalue weighted by Crippen LogP contribution is -2.43. The number of rotatable bonds is 6. The zero-order chi connectivity index (χ0) is 23.2. The first-order chi connectivity index (χ1) is 17.3. The van der Waals surface area contributed by atoms with Gasteiger partial charge >= 0.3 is 0 Å². The van der Waals surface area contributed by atoms with Crippen LogP contribution in [0.2, 0.25) is 0 Å². The predicted octanol–water partition coefficient (Wildman–Crippen LogP) is 5.94. The molecule has 1 aliphatic carbocycles. The Morgan fingerprint density at radius 3 is 2.63 bits per heavy atom. The number of pyridine rings is 1. The minimum absolute atomic E-state index is 0.513. The summed E-state index contributed by atoms with van der Waals surface area (Å²) in [5.41, 5.74) is 4.23. The van der Waals surface area contributed by atoms with Crippen LogP contribution in [-0.2, 0) is 0 Å². The standard InChI is InChI=1S/C29H27N5O/c1-2-5-24(6-3-1)35-27-10-9-21-7-8-22(17-25(21)31-27)29-32-28(26-18-30-11-14-34(26)29)23-15-20(16-23)19-33-12-4-13-33/h1-3,5-11,14,17-18,20,23H,4,12-13,15-16,19H2.